The number of rotatable bonds is 6. The van der Waals surface area contributed by atoms with Gasteiger partial charge in [-0.25, -0.2) is 4.39 Å². The Morgan fingerprint density at radius 2 is 1.71 bits per heavy atom. The number of ether oxygens (including phenoxy) is 1. The van der Waals surface area contributed by atoms with Crippen LogP contribution in [0.3, 0.4) is 0 Å². The van der Waals surface area contributed by atoms with Crippen LogP contribution in [0.4, 0.5) is 4.39 Å². The second kappa shape index (κ2) is 6.72. The molecule has 0 aliphatic rings. The molecular formula is C14H22FNO. The summed E-state index contributed by atoms with van der Waals surface area (Å²) < 4.78 is 18.7. The fourth-order valence-corrected chi connectivity index (χ4v) is 1.59. The van der Waals surface area contributed by atoms with Crippen LogP contribution in [0, 0.1) is 5.82 Å². The van der Waals surface area contributed by atoms with Gasteiger partial charge in [0.05, 0.1) is 12.2 Å². The summed E-state index contributed by atoms with van der Waals surface area (Å²) in [6.07, 6.45) is 0.122. The average molecular weight is 239 g/mol. The topological polar surface area (TPSA) is 21.3 Å². The Balaban J connectivity index is 2.70. The summed E-state index contributed by atoms with van der Waals surface area (Å²) in [6.45, 7) is 8.94. The molecule has 1 aromatic carbocycles. The standard InChI is InChI=1S/C14H22FNO/c1-10(2)16-9-14(17-11(3)4)12-5-7-13(15)8-6-12/h5-8,10-11,14,16H,9H2,1-4H3. The van der Waals surface area contributed by atoms with E-state index in [0.717, 1.165) is 12.1 Å². The van der Waals surface area contributed by atoms with Gasteiger partial charge in [-0.15, -0.1) is 0 Å². The number of nitrogens with one attached hydrogen (secondary N) is 1. The van der Waals surface area contributed by atoms with E-state index in [1.165, 1.54) is 12.1 Å². The van der Waals surface area contributed by atoms with E-state index >= 15 is 0 Å². The molecule has 0 saturated heterocycles. The summed E-state index contributed by atoms with van der Waals surface area (Å²) in [6, 6.07) is 6.92. The highest BCUT2D eigenvalue weighted by molar-refractivity contribution is 5.19. The Hall–Kier alpha value is -0.930. The van der Waals surface area contributed by atoms with Crippen LogP contribution in [0.5, 0.6) is 0 Å². The van der Waals surface area contributed by atoms with E-state index in [0.29, 0.717) is 6.04 Å². The van der Waals surface area contributed by atoms with Gasteiger partial charge in [-0.05, 0) is 31.5 Å². The lowest BCUT2D eigenvalue weighted by molar-refractivity contribution is 0.00615. The smallest absolute Gasteiger partial charge is 0.123 e. The Labute approximate surface area is 103 Å². The molecule has 0 bridgehead atoms. The Morgan fingerprint density at radius 3 is 2.18 bits per heavy atom. The first-order chi connectivity index (χ1) is 7.99. The molecule has 1 atom stereocenters. The molecule has 0 aliphatic carbocycles. The highest BCUT2D eigenvalue weighted by atomic mass is 19.1. The van der Waals surface area contributed by atoms with E-state index in [9.17, 15) is 4.39 Å². The third-order valence-corrected chi connectivity index (χ3v) is 2.39. The quantitative estimate of drug-likeness (QED) is 0.822. The van der Waals surface area contributed by atoms with Crippen LogP contribution in [0.25, 0.3) is 0 Å². The van der Waals surface area contributed by atoms with Crippen LogP contribution in [0.15, 0.2) is 24.3 Å². The van der Waals surface area contributed by atoms with Gasteiger partial charge >= 0.3 is 0 Å². The van der Waals surface area contributed by atoms with Gasteiger partial charge < -0.3 is 10.1 Å². The van der Waals surface area contributed by atoms with Gasteiger partial charge in [-0.1, -0.05) is 26.0 Å². The molecule has 0 aromatic heterocycles. The minimum Gasteiger partial charge on any atom is -0.370 e. The van der Waals surface area contributed by atoms with Crippen LogP contribution in [0.1, 0.15) is 39.4 Å². The number of benzene rings is 1. The van der Waals surface area contributed by atoms with Crippen molar-refractivity contribution in [1.82, 2.24) is 5.32 Å². The van der Waals surface area contributed by atoms with Gasteiger partial charge in [0.1, 0.15) is 5.82 Å². The van der Waals surface area contributed by atoms with Crippen LogP contribution in [-0.2, 0) is 4.74 Å². The van der Waals surface area contributed by atoms with Crippen molar-refractivity contribution in [2.24, 2.45) is 0 Å². The first-order valence-electron chi connectivity index (χ1n) is 6.13. The molecular weight excluding hydrogens is 217 g/mol. The maximum atomic E-state index is 12.9. The van der Waals surface area contributed by atoms with E-state index in [4.69, 9.17) is 4.74 Å². The third kappa shape index (κ3) is 5.29. The molecule has 1 rings (SSSR count). The predicted molar refractivity (Wildman–Crippen MR) is 68.5 cm³/mol. The van der Waals surface area contributed by atoms with E-state index in [1.54, 1.807) is 12.1 Å². The molecule has 96 valence electrons. The second-order valence-electron chi connectivity index (χ2n) is 4.79. The summed E-state index contributed by atoms with van der Waals surface area (Å²) in [4.78, 5) is 0. The third-order valence-electron chi connectivity index (χ3n) is 2.39. The van der Waals surface area contributed by atoms with Gasteiger partial charge in [0.15, 0.2) is 0 Å². The van der Waals surface area contributed by atoms with Crippen molar-refractivity contribution in [3.05, 3.63) is 35.6 Å². The number of halogens is 1. The van der Waals surface area contributed by atoms with E-state index < -0.39 is 0 Å². The predicted octanol–water partition coefficient (Wildman–Crippen LogP) is 3.29. The molecule has 17 heavy (non-hydrogen) atoms. The lowest BCUT2D eigenvalue weighted by Gasteiger charge is -2.22. The molecule has 2 nitrogen and oxygen atoms in total. The zero-order chi connectivity index (χ0) is 12.8. The lowest BCUT2D eigenvalue weighted by atomic mass is 10.1. The number of hydrogen-bond donors (Lipinski definition) is 1. The highest BCUT2D eigenvalue weighted by Crippen LogP contribution is 2.19. The summed E-state index contributed by atoms with van der Waals surface area (Å²) in [5.41, 5.74) is 1.01. The zero-order valence-electron chi connectivity index (χ0n) is 11.0. The molecule has 0 aliphatic heterocycles. The van der Waals surface area contributed by atoms with Crippen molar-refractivity contribution in [2.45, 2.75) is 45.9 Å². The summed E-state index contributed by atoms with van der Waals surface area (Å²) >= 11 is 0. The second-order valence-corrected chi connectivity index (χ2v) is 4.79. The van der Waals surface area contributed by atoms with Crippen molar-refractivity contribution in [2.75, 3.05) is 6.54 Å². The summed E-state index contributed by atoms with van der Waals surface area (Å²) in [5, 5.41) is 3.35. The van der Waals surface area contributed by atoms with Gasteiger partial charge in [0, 0.05) is 12.6 Å². The fraction of sp³-hybridized carbons (Fsp3) is 0.571. The van der Waals surface area contributed by atoms with Gasteiger partial charge in [-0.2, -0.15) is 0 Å². The van der Waals surface area contributed by atoms with E-state index in [2.05, 4.69) is 19.2 Å². The zero-order valence-corrected chi connectivity index (χ0v) is 11.0. The molecule has 0 fully saturated rings. The molecule has 1 unspecified atom stereocenters. The van der Waals surface area contributed by atoms with Crippen LogP contribution < -0.4 is 5.32 Å². The largest absolute Gasteiger partial charge is 0.370 e. The SMILES string of the molecule is CC(C)NCC(OC(C)C)c1ccc(F)cc1. The van der Waals surface area contributed by atoms with Crippen molar-refractivity contribution in [3.8, 4) is 0 Å². The first kappa shape index (κ1) is 14.1. The lowest BCUT2D eigenvalue weighted by Crippen LogP contribution is -2.30. The molecule has 0 saturated carbocycles. The molecule has 3 heteroatoms. The Bertz CT molecular complexity index is 321. The van der Waals surface area contributed by atoms with Crippen molar-refractivity contribution in [1.29, 1.82) is 0 Å². The van der Waals surface area contributed by atoms with Crippen LogP contribution in [0.2, 0.25) is 0 Å². The van der Waals surface area contributed by atoms with E-state index in [-0.39, 0.29) is 18.0 Å². The molecule has 0 radical (unpaired) electrons. The molecule has 0 amide bonds. The maximum absolute atomic E-state index is 12.9. The molecule has 1 aromatic rings. The molecule has 0 spiro atoms. The first-order valence-corrected chi connectivity index (χ1v) is 6.13. The van der Waals surface area contributed by atoms with Crippen LogP contribution in [-0.4, -0.2) is 18.7 Å². The monoisotopic (exact) mass is 239 g/mol. The van der Waals surface area contributed by atoms with Gasteiger partial charge in [0.25, 0.3) is 0 Å². The van der Waals surface area contributed by atoms with Crippen molar-refractivity contribution < 1.29 is 9.13 Å². The molecule has 0 heterocycles. The molecule has 1 N–H and O–H groups in total. The average Bonchev–Trinajstić information content (AvgIpc) is 2.25. The maximum Gasteiger partial charge on any atom is 0.123 e. The van der Waals surface area contributed by atoms with Crippen molar-refractivity contribution >= 4 is 0 Å². The Kier molecular flexibility index (Phi) is 5.59. The Morgan fingerprint density at radius 1 is 1.12 bits per heavy atom. The van der Waals surface area contributed by atoms with E-state index in [1.807, 2.05) is 13.8 Å². The number of hydrogen-bond acceptors (Lipinski definition) is 2. The van der Waals surface area contributed by atoms with Gasteiger partial charge in [0.2, 0.25) is 0 Å². The summed E-state index contributed by atoms with van der Waals surface area (Å²) in [5.74, 6) is -0.214. The van der Waals surface area contributed by atoms with Gasteiger partial charge in [-0.3, -0.25) is 0 Å². The normalized spacial score (nSPS) is 13.4. The minimum atomic E-state index is -0.214. The van der Waals surface area contributed by atoms with Crippen molar-refractivity contribution in [3.63, 3.8) is 0 Å². The fourth-order valence-electron chi connectivity index (χ4n) is 1.59. The minimum absolute atomic E-state index is 0.0296. The highest BCUT2D eigenvalue weighted by Gasteiger charge is 2.14. The summed E-state index contributed by atoms with van der Waals surface area (Å²) in [7, 11) is 0. The van der Waals surface area contributed by atoms with Crippen LogP contribution >= 0.6 is 0 Å².